The summed E-state index contributed by atoms with van der Waals surface area (Å²) in [4.78, 5) is 2.38. The van der Waals surface area contributed by atoms with Crippen LogP contribution in [0.2, 0.25) is 0 Å². The third-order valence-electron chi connectivity index (χ3n) is 2.87. The van der Waals surface area contributed by atoms with Crippen molar-refractivity contribution in [3.8, 4) is 0 Å². The van der Waals surface area contributed by atoms with Crippen molar-refractivity contribution in [2.75, 3.05) is 11.4 Å². The normalized spacial score (nSPS) is 9.61. The van der Waals surface area contributed by atoms with E-state index in [0.717, 1.165) is 6.54 Å². The van der Waals surface area contributed by atoms with Gasteiger partial charge >= 0.3 is 0 Å². The summed E-state index contributed by atoms with van der Waals surface area (Å²) in [6, 6.07) is 21.2. The Labute approximate surface area is 120 Å². The minimum absolute atomic E-state index is 0. The molecule has 0 bridgehead atoms. The van der Waals surface area contributed by atoms with E-state index in [1.54, 1.807) is 0 Å². The van der Waals surface area contributed by atoms with Crippen molar-refractivity contribution in [1.29, 1.82) is 0 Å². The molecule has 18 heavy (non-hydrogen) atoms. The van der Waals surface area contributed by atoms with Gasteiger partial charge in [0.05, 0.1) is 0 Å². The van der Waals surface area contributed by atoms with Crippen molar-refractivity contribution in [3.63, 3.8) is 0 Å². The second kappa shape index (κ2) is 7.93. The fourth-order valence-electron chi connectivity index (χ4n) is 1.94. The fourth-order valence-corrected chi connectivity index (χ4v) is 1.94. The third-order valence-corrected chi connectivity index (χ3v) is 2.87. The maximum Gasteiger partial charge on any atom is 0.0410 e. The van der Waals surface area contributed by atoms with Gasteiger partial charge in [0.2, 0.25) is 0 Å². The quantitative estimate of drug-likeness (QED) is 0.733. The van der Waals surface area contributed by atoms with Crippen LogP contribution in [-0.2, 0) is 0 Å². The molecule has 0 saturated heterocycles. The van der Waals surface area contributed by atoms with Crippen molar-refractivity contribution in [2.45, 2.75) is 19.8 Å². The molecule has 2 aromatic carbocycles. The Hall–Kier alpha value is -1.28. The van der Waals surface area contributed by atoms with Crippen LogP contribution in [0.4, 0.5) is 11.4 Å². The SMILES string of the molecule is Br.CCCCN(c1ccccc1)c1ccccc1. The zero-order valence-corrected chi connectivity index (χ0v) is 12.5. The molecule has 0 saturated carbocycles. The maximum absolute atomic E-state index is 2.38. The van der Waals surface area contributed by atoms with Gasteiger partial charge in [0, 0.05) is 17.9 Å². The predicted octanol–water partition coefficient (Wildman–Crippen LogP) is 5.20. The maximum atomic E-state index is 2.38. The topological polar surface area (TPSA) is 3.24 Å². The fraction of sp³-hybridized carbons (Fsp3) is 0.250. The van der Waals surface area contributed by atoms with E-state index >= 15 is 0 Å². The number of anilines is 2. The summed E-state index contributed by atoms with van der Waals surface area (Å²) < 4.78 is 0. The van der Waals surface area contributed by atoms with E-state index in [-0.39, 0.29) is 17.0 Å². The van der Waals surface area contributed by atoms with E-state index in [0.29, 0.717) is 0 Å². The molecule has 0 fully saturated rings. The van der Waals surface area contributed by atoms with Crippen LogP contribution in [0.5, 0.6) is 0 Å². The summed E-state index contributed by atoms with van der Waals surface area (Å²) in [7, 11) is 0. The Morgan fingerprint density at radius 3 is 1.61 bits per heavy atom. The van der Waals surface area contributed by atoms with Gasteiger partial charge in [-0.3, -0.25) is 0 Å². The Balaban J connectivity index is 0.00000162. The molecule has 0 heterocycles. The molecule has 0 aromatic heterocycles. The molecule has 0 N–H and O–H groups in total. The van der Waals surface area contributed by atoms with Gasteiger partial charge < -0.3 is 4.90 Å². The Kier molecular flexibility index (Phi) is 6.51. The number of para-hydroxylation sites is 2. The van der Waals surface area contributed by atoms with Crippen LogP contribution < -0.4 is 4.90 Å². The van der Waals surface area contributed by atoms with Gasteiger partial charge in [0.1, 0.15) is 0 Å². The average Bonchev–Trinajstić information content (AvgIpc) is 2.42. The largest absolute Gasteiger partial charge is 0.341 e. The summed E-state index contributed by atoms with van der Waals surface area (Å²) in [5.41, 5.74) is 2.54. The average molecular weight is 306 g/mol. The third kappa shape index (κ3) is 3.88. The van der Waals surface area contributed by atoms with Gasteiger partial charge in [-0.1, -0.05) is 49.7 Å². The highest BCUT2D eigenvalue weighted by molar-refractivity contribution is 8.93. The first-order valence-corrected chi connectivity index (χ1v) is 6.29. The van der Waals surface area contributed by atoms with Gasteiger partial charge in [0.25, 0.3) is 0 Å². The van der Waals surface area contributed by atoms with Gasteiger partial charge in [0.15, 0.2) is 0 Å². The smallest absolute Gasteiger partial charge is 0.0410 e. The number of nitrogens with zero attached hydrogens (tertiary/aromatic N) is 1. The first-order valence-electron chi connectivity index (χ1n) is 6.29. The first kappa shape index (κ1) is 14.8. The molecule has 0 aliphatic rings. The van der Waals surface area contributed by atoms with E-state index in [9.17, 15) is 0 Å². The second-order valence-electron chi connectivity index (χ2n) is 4.18. The summed E-state index contributed by atoms with van der Waals surface area (Å²) in [5.74, 6) is 0. The number of rotatable bonds is 5. The molecule has 0 radical (unpaired) electrons. The molecular weight excluding hydrogens is 286 g/mol. The Morgan fingerprint density at radius 1 is 0.778 bits per heavy atom. The van der Waals surface area contributed by atoms with Crippen molar-refractivity contribution >= 4 is 28.4 Å². The van der Waals surface area contributed by atoms with Crippen LogP contribution in [0, 0.1) is 0 Å². The summed E-state index contributed by atoms with van der Waals surface area (Å²) >= 11 is 0. The first-order chi connectivity index (χ1) is 8.42. The predicted molar refractivity (Wildman–Crippen MR) is 85.1 cm³/mol. The van der Waals surface area contributed by atoms with Crippen LogP contribution >= 0.6 is 17.0 Å². The van der Waals surface area contributed by atoms with Crippen molar-refractivity contribution in [2.24, 2.45) is 0 Å². The molecule has 0 atom stereocenters. The van der Waals surface area contributed by atoms with Crippen LogP contribution in [0.25, 0.3) is 0 Å². The second-order valence-corrected chi connectivity index (χ2v) is 4.18. The zero-order valence-electron chi connectivity index (χ0n) is 10.8. The molecule has 0 aliphatic heterocycles. The molecule has 1 nitrogen and oxygen atoms in total. The van der Waals surface area contributed by atoms with Gasteiger partial charge in [-0.15, -0.1) is 17.0 Å². The number of hydrogen-bond donors (Lipinski definition) is 0. The molecule has 0 aliphatic carbocycles. The van der Waals surface area contributed by atoms with Crippen LogP contribution in [-0.4, -0.2) is 6.54 Å². The van der Waals surface area contributed by atoms with Crippen LogP contribution in [0.3, 0.4) is 0 Å². The van der Waals surface area contributed by atoms with Crippen molar-refractivity contribution < 1.29 is 0 Å². The molecule has 0 amide bonds. The van der Waals surface area contributed by atoms with Gasteiger partial charge in [-0.2, -0.15) is 0 Å². The molecule has 2 heteroatoms. The van der Waals surface area contributed by atoms with E-state index < -0.39 is 0 Å². The van der Waals surface area contributed by atoms with Crippen molar-refractivity contribution in [3.05, 3.63) is 60.7 Å². The minimum atomic E-state index is 0. The van der Waals surface area contributed by atoms with E-state index in [4.69, 9.17) is 0 Å². The summed E-state index contributed by atoms with van der Waals surface area (Å²) in [6.07, 6.45) is 2.43. The standard InChI is InChI=1S/C16H19N.BrH/c1-2-3-14-17(15-10-6-4-7-11-15)16-12-8-5-9-13-16;/h4-13H,2-3,14H2,1H3;1H. The number of halogens is 1. The van der Waals surface area contributed by atoms with E-state index in [1.165, 1.54) is 24.2 Å². The minimum Gasteiger partial charge on any atom is -0.341 e. The van der Waals surface area contributed by atoms with Gasteiger partial charge in [-0.25, -0.2) is 0 Å². The molecule has 96 valence electrons. The number of unbranched alkanes of at least 4 members (excludes halogenated alkanes) is 1. The number of hydrogen-bond acceptors (Lipinski definition) is 1. The lowest BCUT2D eigenvalue weighted by Gasteiger charge is -2.24. The highest BCUT2D eigenvalue weighted by atomic mass is 79.9. The van der Waals surface area contributed by atoms with E-state index in [1.807, 2.05) is 0 Å². The highest BCUT2D eigenvalue weighted by Crippen LogP contribution is 2.24. The Bertz CT molecular complexity index is 388. The zero-order chi connectivity index (χ0) is 11.9. The Morgan fingerprint density at radius 2 is 1.22 bits per heavy atom. The summed E-state index contributed by atoms with van der Waals surface area (Å²) in [6.45, 7) is 3.30. The lowest BCUT2D eigenvalue weighted by Crippen LogP contribution is -2.17. The lowest BCUT2D eigenvalue weighted by molar-refractivity contribution is 0.786. The highest BCUT2D eigenvalue weighted by Gasteiger charge is 2.06. The van der Waals surface area contributed by atoms with Crippen molar-refractivity contribution in [1.82, 2.24) is 0 Å². The lowest BCUT2D eigenvalue weighted by atomic mass is 10.2. The number of benzene rings is 2. The molecule has 2 rings (SSSR count). The molecule has 2 aromatic rings. The molecule has 0 spiro atoms. The molecule has 0 unspecified atom stereocenters. The van der Waals surface area contributed by atoms with E-state index in [2.05, 4.69) is 72.5 Å². The summed E-state index contributed by atoms with van der Waals surface area (Å²) in [5, 5.41) is 0. The van der Waals surface area contributed by atoms with Crippen LogP contribution in [0.15, 0.2) is 60.7 Å². The van der Waals surface area contributed by atoms with Crippen LogP contribution in [0.1, 0.15) is 19.8 Å². The molecular formula is C16H20BrN. The monoisotopic (exact) mass is 305 g/mol. The van der Waals surface area contributed by atoms with Gasteiger partial charge in [-0.05, 0) is 30.7 Å².